The predicted molar refractivity (Wildman–Crippen MR) is 48.0 cm³/mol. The SMILES string of the molecule is Cc1ccoc1CC(C)(C)CO. The summed E-state index contributed by atoms with van der Waals surface area (Å²) in [6.07, 6.45) is 2.49. The molecule has 0 fully saturated rings. The van der Waals surface area contributed by atoms with Crippen molar-refractivity contribution in [1.29, 1.82) is 0 Å². The fraction of sp³-hybridized carbons (Fsp3) is 0.600. The van der Waals surface area contributed by atoms with Gasteiger partial charge in [0.25, 0.3) is 0 Å². The molecule has 0 spiro atoms. The molecule has 2 heteroatoms. The average Bonchev–Trinajstić information content (AvgIpc) is 2.36. The van der Waals surface area contributed by atoms with Gasteiger partial charge in [-0.05, 0) is 24.0 Å². The monoisotopic (exact) mass is 168 g/mol. The molecule has 0 bridgehead atoms. The van der Waals surface area contributed by atoms with E-state index < -0.39 is 0 Å². The molecule has 2 nitrogen and oxygen atoms in total. The largest absolute Gasteiger partial charge is 0.469 e. The molecule has 0 atom stereocenters. The van der Waals surface area contributed by atoms with Crippen LogP contribution in [-0.2, 0) is 6.42 Å². The zero-order chi connectivity index (χ0) is 9.19. The first-order valence-electron chi connectivity index (χ1n) is 4.19. The first-order chi connectivity index (χ1) is 5.55. The fourth-order valence-electron chi connectivity index (χ4n) is 1.08. The molecular weight excluding hydrogens is 152 g/mol. The second-order valence-electron chi connectivity index (χ2n) is 4.03. The number of aliphatic hydroxyl groups excluding tert-OH is 1. The minimum atomic E-state index is -0.0807. The smallest absolute Gasteiger partial charge is 0.107 e. The highest BCUT2D eigenvalue weighted by Gasteiger charge is 2.19. The Hall–Kier alpha value is -0.760. The van der Waals surface area contributed by atoms with Crippen molar-refractivity contribution in [3.05, 3.63) is 23.7 Å². The van der Waals surface area contributed by atoms with Gasteiger partial charge in [0.2, 0.25) is 0 Å². The number of furan rings is 1. The minimum absolute atomic E-state index is 0.0807. The highest BCUT2D eigenvalue weighted by atomic mass is 16.3. The number of hydrogen-bond acceptors (Lipinski definition) is 2. The van der Waals surface area contributed by atoms with E-state index in [4.69, 9.17) is 9.52 Å². The van der Waals surface area contributed by atoms with E-state index in [0.717, 1.165) is 17.7 Å². The Bertz CT molecular complexity index is 248. The second-order valence-corrected chi connectivity index (χ2v) is 4.03. The molecule has 1 aromatic rings. The first-order valence-corrected chi connectivity index (χ1v) is 4.19. The number of aryl methyl sites for hydroxylation is 1. The van der Waals surface area contributed by atoms with Crippen molar-refractivity contribution in [2.24, 2.45) is 5.41 Å². The van der Waals surface area contributed by atoms with Gasteiger partial charge in [0.1, 0.15) is 5.76 Å². The van der Waals surface area contributed by atoms with Crippen LogP contribution in [0, 0.1) is 12.3 Å². The van der Waals surface area contributed by atoms with E-state index in [1.54, 1.807) is 6.26 Å². The van der Waals surface area contributed by atoms with E-state index in [1.165, 1.54) is 0 Å². The van der Waals surface area contributed by atoms with Crippen molar-refractivity contribution in [3.8, 4) is 0 Å². The van der Waals surface area contributed by atoms with Crippen molar-refractivity contribution in [3.63, 3.8) is 0 Å². The highest BCUT2D eigenvalue weighted by Crippen LogP contribution is 2.23. The van der Waals surface area contributed by atoms with Crippen LogP contribution in [0.15, 0.2) is 16.7 Å². The summed E-state index contributed by atoms with van der Waals surface area (Å²) in [5.41, 5.74) is 1.08. The van der Waals surface area contributed by atoms with Gasteiger partial charge in [0, 0.05) is 13.0 Å². The Morgan fingerprint density at radius 1 is 1.50 bits per heavy atom. The number of rotatable bonds is 3. The van der Waals surface area contributed by atoms with Crippen LogP contribution >= 0.6 is 0 Å². The fourth-order valence-corrected chi connectivity index (χ4v) is 1.08. The lowest BCUT2D eigenvalue weighted by molar-refractivity contribution is 0.153. The maximum atomic E-state index is 9.04. The standard InChI is InChI=1S/C10H16O2/c1-8-4-5-12-9(8)6-10(2,3)7-11/h4-5,11H,6-7H2,1-3H3. The zero-order valence-electron chi connectivity index (χ0n) is 7.92. The quantitative estimate of drug-likeness (QED) is 0.750. The molecule has 1 aromatic heterocycles. The molecule has 68 valence electrons. The van der Waals surface area contributed by atoms with Gasteiger partial charge in [-0.25, -0.2) is 0 Å². The third-order valence-corrected chi connectivity index (χ3v) is 2.04. The summed E-state index contributed by atoms with van der Waals surface area (Å²) in [6.45, 7) is 6.25. The van der Waals surface area contributed by atoms with Gasteiger partial charge in [-0.3, -0.25) is 0 Å². The lowest BCUT2D eigenvalue weighted by Gasteiger charge is -2.20. The highest BCUT2D eigenvalue weighted by molar-refractivity contribution is 5.15. The van der Waals surface area contributed by atoms with Crippen molar-refractivity contribution in [2.75, 3.05) is 6.61 Å². The molecule has 0 saturated heterocycles. The zero-order valence-corrected chi connectivity index (χ0v) is 7.92. The van der Waals surface area contributed by atoms with E-state index in [9.17, 15) is 0 Å². The van der Waals surface area contributed by atoms with E-state index >= 15 is 0 Å². The van der Waals surface area contributed by atoms with Crippen LogP contribution in [0.4, 0.5) is 0 Å². The topological polar surface area (TPSA) is 33.4 Å². The number of hydrogen-bond donors (Lipinski definition) is 1. The van der Waals surface area contributed by atoms with E-state index in [2.05, 4.69) is 0 Å². The molecule has 0 unspecified atom stereocenters. The molecule has 0 aromatic carbocycles. The Kier molecular flexibility index (Phi) is 2.58. The van der Waals surface area contributed by atoms with Gasteiger partial charge >= 0.3 is 0 Å². The summed E-state index contributed by atoms with van der Waals surface area (Å²) in [6, 6.07) is 1.95. The summed E-state index contributed by atoms with van der Waals surface area (Å²) in [4.78, 5) is 0. The van der Waals surface area contributed by atoms with Gasteiger partial charge in [-0.15, -0.1) is 0 Å². The van der Waals surface area contributed by atoms with Crippen molar-refractivity contribution < 1.29 is 9.52 Å². The van der Waals surface area contributed by atoms with Gasteiger partial charge in [-0.1, -0.05) is 13.8 Å². The van der Waals surface area contributed by atoms with Gasteiger partial charge in [0.15, 0.2) is 0 Å². The van der Waals surface area contributed by atoms with Crippen LogP contribution < -0.4 is 0 Å². The summed E-state index contributed by atoms with van der Waals surface area (Å²) >= 11 is 0. The average molecular weight is 168 g/mol. The maximum absolute atomic E-state index is 9.04. The molecule has 0 saturated carbocycles. The Labute approximate surface area is 73.2 Å². The first kappa shape index (κ1) is 9.33. The number of aliphatic hydroxyl groups is 1. The molecule has 1 rings (SSSR count). The van der Waals surface area contributed by atoms with Crippen LogP contribution in [0.25, 0.3) is 0 Å². The second kappa shape index (κ2) is 3.31. The van der Waals surface area contributed by atoms with E-state index in [1.807, 2.05) is 26.8 Å². The van der Waals surface area contributed by atoms with E-state index in [0.29, 0.717) is 0 Å². The molecule has 0 aliphatic carbocycles. The summed E-state index contributed by atoms with van der Waals surface area (Å²) < 4.78 is 5.29. The van der Waals surface area contributed by atoms with Gasteiger partial charge in [-0.2, -0.15) is 0 Å². The maximum Gasteiger partial charge on any atom is 0.107 e. The molecule has 1 N–H and O–H groups in total. The molecule has 1 heterocycles. The van der Waals surface area contributed by atoms with Crippen molar-refractivity contribution in [1.82, 2.24) is 0 Å². The molecule has 0 amide bonds. The van der Waals surface area contributed by atoms with Crippen LogP contribution in [0.1, 0.15) is 25.2 Å². The third-order valence-electron chi connectivity index (χ3n) is 2.04. The van der Waals surface area contributed by atoms with Crippen LogP contribution in [0.3, 0.4) is 0 Å². The molecule has 12 heavy (non-hydrogen) atoms. The van der Waals surface area contributed by atoms with Gasteiger partial charge in [0.05, 0.1) is 6.26 Å². The van der Waals surface area contributed by atoms with Crippen molar-refractivity contribution >= 4 is 0 Å². The van der Waals surface area contributed by atoms with Crippen LogP contribution in [-0.4, -0.2) is 11.7 Å². The van der Waals surface area contributed by atoms with E-state index in [-0.39, 0.29) is 12.0 Å². The lowest BCUT2D eigenvalue weighted by Crippen LogP contribution is -2.19. The molecular formula is C10H16O2. The Balaban J connectivity index is 2.70. The molecule has 0 aliphatic heterocycles. The molecule has 0 aliphatic rings. The summed E-state index contributed by atoms with van der Waals surface area (Å²) in [7, 11) is 0. The lowest BCUT2D eigenvalue weighted by atomic mass is 9.88. The van der Waals surface area contributed by atoms with Crippen LogP contribution in [0.5, 0.6) is 0 Å². The Morgan fingerprint density at radius 3 is 2.58 bits per heavy atom. The van der Waals surface area contributed by atoms with Crippen LogP contribution in [0.2, 0.25) is 0 Å². The molecule has 0 radical (unpaired) electrons. The minimum Gasteiger partial charge on any atom is -0.469 e. The normalized spacial score (nSPS) is 12.0. The predicted octanol–water partition coefficient (Wildman–Crippen LogP) is 2.15. The van der Waals surface area contributed by atoms with Gasteiger partial charge < -0.3 is 9.52 Å². The summed E-state index contributed by atoms with van der Waals surface area (Å²) in [5.74, 6) is 0.981. The third kappa shape index (κ3) is 2.11. The Morgan fingerprint density at radius 2 is 2.17 bits per heavy atom. The summed E-state index contributed by atoms with van der Waals surface area (Å²) in [5, 5.41) is 9.04. The van der Waals surface area contributed by atoms with Crippen molar-refractivity contribution in [2.45, 2.75) is 27.2 Å².